The maximum atomic E-state index is 10.9. The first kappa shape index (κ1) is 14.5. The number of carbonyl (C=O) groups excluding carboxylic acids is 1. The molecule has 0 radical (unpaired) electrons. The molecular weight excluding hydrogens is 261 g/mol. The van der Waals surface area contributed by atoms with Crippen LogP contribution in [0.2, 0.25) is 0 Å². The molecule has 1 aromatic rings. The molecule has 0 bridgehead atoms. The molecule has 1 aliphatic rings. The van der Waals surface area contributed by atoms with Crippen molar-refractivity contribution in [1.82, 2.24) is 4.90 Å². The van der Waals surface area contributed by atoms with Crippen molar-refractivity contribution >= 4 is 29.3 Å². The summed E-state index contributed by atoms with van der Waals surface area (Å²) in [4.78, 5) is 13.2. The zero-order valence-corrected chi connectivity index (χ0v) is 11.0. The van der Waals surface area contributed by atoms with Crippen LogP contribution < -0.4 is 0 Å². The molecule has 0 spiro atoms. The van der Waals surface area contributed by atoms with Gasteiger partial charge in [-0.25, -0.2) is 0 Å². The Bertz CT molecular complexity index is 361. The number of hydrogen-bond donors (Lipinski definition) is 0. The van der Waals surface area contributed by atoms with Gasteiger partial charge in [0.1, 0.15) is 0 Å². The van der Waals surface area contributed by atoms with Gasteiger partial charge in [0, 0.05) is 25.2 Å². The predicted molar refractivity (Wildman–Crippen MR) is 70.0 cm³/mol. The number of nitrogens with zero attached hydrogens (tertiary/aromatic N) is 1. The molecule has 3 nitrogen and oxygen atoms in total. The number of halogens is 2. The van der Waals surface area contributed by atoms with Crippen molar-refractivity contribution in [3.8, 4) is 0 Å². The number of hydrogen-bond acceptors (Lipinski definition) is 3. The smallest absolute Gasteiger partial charge is 0.252 e. The van der Waals surface area contributed by atoms with E-state index in [0.717, 1.165) is 32.8 Å². The molecule has 94 valence electrons. The van der Waals surface area contributed by atoms with Crippen LogP contribution in [-0.4, -0.2) is 36.4 Å². The van der Waals surface area contributed by atoms with E-state index in [2.05, 4.69) is 4.90 Å². The van der Waals surface area contributed by atoms with E-state index < -0.39 is 5.24 Å². The lowest BCUT2D eigenvalue weighted by molar-refractivity contribution is 0.0342. The molecule has 1 heterocycles. The first-order valence-electron chi connectivity index (χ1n) is 5.34. The number of rotatable bonds is 3. The highest BCUT2D eigenvalue weighted by Crippen LogP contribution is 2.10. The average molecular weight is 276 g/mol. The molecule has 0 amide bonds. The summed E-state index contributed by atoms with van der Waals surface area (Å²) < 4.78 is 5.28. The molecule has 0 aromatic heterocycles. The summed E-state index contributed by atoms with van der Waals surface area (Å²) in [6, 6.07) is 7.44. The highest BCUT2D eigenvalue weighted by molar-refractivity contribution is 6.67. The average Bonchev–Trinajstić information content (AvgIpc) is 2.31. The van der Waals surface area contributed by atoms with Gasteiger partial charge in [-0.2, -0.15) is 0 Å². The van der Waals surface area contributed by atoms with Gasteiger partial charge in [-0.3, -0.25) is 9.69 Å². The Morgan fingerprint density at radius 1 is 1.24 bits per heavy atom. The molecule has 0 N–H and O–H groups in total. The lowest BCUT2D eigenvalue weighted by Crippen LogP contribution is -2.35. The highest BCUT2D eigenvalue weighted by atomic mass is 35.5. The minimum Gasteiger partial charge on any atom is -0.379 e. The van der Waals surface area contributed by atoms with Crippen molar-refractivity contribution in [2.45, 2.75) is 6.54 Å². The fraction of sp³-hybridized carbons (Fsp3) is 0.417. The van der Waals surface area contributed by atoms with Crippen molar-refractivity contribution < 1.29 is 9.53 Å². The summed E-state index contributed by atoms with van der Waals surface area (Å²) in [5.74, 6) is 0. The second-order valence-corrected chi connectivity index (χ2v) is 4.20. The van der Waals surface area contributed by atoms with E-state index in [4.69, 9.17) is 16.3 Å². The quantitative estimate of drug-likeness (QED) is 0.793. The van der Waals surface area contributed by atoms with Gasteiger partial charge in [-0.05, 0) is 29.3 Å². The molecule has 1 saturated heterocycles. The predicted octanol–water partition coefficient (Wildman–Crippen LogP) is 2.32. The molecule has 1 fully saturated rings. The Kier molecular flexibility index (Phi) is 5.92. The third-order valence-corrected chi connectivity index (χ3v) is 2.91. The lowest BCUT2D eigenvalue weighted by atomic mass is 10.1. The standard InChI is InChI=1S/C12H14ClNO2.ClH/c13-12(15)11-3-1-10(2-4-11)9-14-5-7-16-8-6-14;/h1-4H,5-9H2;1H. The molecule has 5 heteroatoms. The number of carbonyl (C=O) groups is 1. The summed E-state index contributed by atoms with van der Waals surface area (Å²) in [7, 11) is 0. The van der Waals surface area contributed by atoms with E-state index in [0.29, 0.717) is 5.56 Å². The zero-order chi connectivity index (χ0) is 11.4. The van der Waals surface area contributed by atoms with Crippen molar-refractivity contribution in [2.75, 3.05) is 26.3 Å². The molecular formula is C12H15Cl2NO2. The molecule has 0 unspecified atom stereocenters. The SMILES string of the molecule is Cl.O=C(Cl)c1ccc(CN2CCOCC2)cc1. The second kappa shape index (κ2) is 6.97. The summed E-state index contributed by atoms with van der Waals surface area (Å²) in [6.07, 6.45) is 0. The summed E-state index contributed by atoms with van der Waals surface area (Å²) >= 11 is 5.38. The van der Waals surface area contributed by atoms with Gasteiger partial charge in [-0.15, -0.1) is 12.4 Å². The minimum atomic E-state index is -0.405. The van der Waals surface area contributed by atoms with E-state index in [9.17, 15) is 4.79 Å². The van der Waals surface area contributed by atoms with Crippen LogP contribution in [0.15, 0.2) is 24.3 Å². The van der Waals surface area contributed by atoms with E-state index in [-0.39, 0.29) is 12.4 Å². The normalized spacial score (nSPS) is 16.3. The largest absolute Gasteiger partial charge is 0.379 e. The van der Waals surface area contributed by atoms with Gasteiger partial charge in [0.05, 0.1) is 13.2 Å². The van der Waals surface area contributed by atoms with Crippen LogP contribution in [0.4, 0.5) is 0 Å². The maximum Gasteiger partial charge on any atom is 0.252 e. The van der Waals surface area contributed by atoms with Crippen molar-refractivity contribution in [2.24, 2.45) is 0 Å². The van der Waals surface area contributed by atoms with Crippen LogP contribution in [0.1, 0.15) is 15.9 Å². The van der Waals surface area contributed by atoms with Crippen LogP contribution in [-0.2, 0) is 11.3 Å². The molecule has 1 aromatic carbocycles. The minimum absolute atomic E-state index is 0. The summed E-state index contributed by atoms with van der Waals surface area (Å²) in [5, 5.41) is -0.405. The third kappa shape index (κ3) is 4.28. The lowest BCUT2D eigenvalue weighted by Gasteiger charge is -2.26. The number of morpholine rings is 1. The van der Waals surface area contributed by atoms with Gasteiger partial charge in [-0.1, -0.05) is 12.1 Å². The van der Waals surface area contributed by atoms with Gasteiger partial charge in [0.25, 0.3) is 5.24 Å². The maximum absolute atomic E-state index is 10.9. The van der Waals surface area contributed by atoms with Gasteiger partial charge in [0.2, 0.25) is 0 Å². The van der Waals surface area contributed by atoms with Gasteiger partial charge >= 0.3 is 0 Å². The molecule has 1 aliphatic heterocycles. The van der Waals surface area contributed by atoms with Crippen LogP contribution in [0.25, 0.3) is 0 Å². The van der Waals surface area contributed by atoms with E-state index in [1.54, 1.807) is 12.1 Å². The van der Waals surface area contributed by atoms with E-state index >= 15 is 0 Å². The Balaban J connectivity index is 0.00000144. The Labute approximate surface area is 112 Å². The zero-order valence-electron chi connectivity index (χ0n) is 9.39. The first-order valence-corrected chi connectivity index (χ1v) is 5.72. The Hall–Kier alpha value is -0.610. The Morgan fingerprint density at radius 2 is 1.82 bits per heavy atom. The van der Waals surface area contributed by atoms with Crippen LogP contribution in [0.5, 0.6) is 0 Å². The Morgan fingerprint density at radius 3 is 2.35 bits per heavy atom. The first-order chi connectivity index (χ1) is 7.75. The van der Waals surface area contributed by atoms with Crippen LogP contribution in [0.3, 0.4) is 0 Å². The van der Waals surface area contributed by atoms with E-state index in [1.807, 2.05) is 12.1 Å². The highest BCUT2D eigenvalue weighted by Gasteiger charge is 2.10. The number of benzene rings is 1. The summed E-state index contributed by atoms with van der Waals surface area (Å²) in [5.41, 5.74) is 1.75. The fourth-order valence-corrected chi connectivity index (χ4v) is 1.88. The van der Waals surface area contributed by atoms with E-state index in [1.165, 1.54) is 5.56 Å². The van der Waals surface area contributed by atoms with Crippen LogP contribution >= 0.6 is 24.0 Å². The molecule has 17 heavy (non-hydrogen) atoms. The summed E-state index contributed by atoms with van der Waals surface area (Å²) in [6.45, 7) is 4.45. The molecule has 0 atom stereocenters. The van der Waals surface area contributed by atoms with Crippen molar-refractivity contribution in [3.63, 3.8) is 0 Å². The van der Waals surface area contributed by atoms with Gasteiger partial charge in [0.15, 0.2) is 0 Å². The van der Waals surface area contributed by atoms with Crippen molar-refractivity contribution in [3.05, 3.63) is 35.4 Å². The van der Waals surface area contributed by atoms with Crippen LogP contribution in [0, 0.1) is 0 Å². The number of ether oxygens (including phenoxy) is 1. The second-order valence-electron chi connectivity index (χ2n) is 3.86. The fourth-order valence-electron chi connectivity index (χ4n) is 1.76. The molecule has 0 aliphatic carbocycles. The topological polar surface area (TPSA) is 29.5 Å². The van der Waals surface area contributed by atoms with Crippen molar-refractivity contribution in [1.29, 1.82) is 0 Å². The monoisotopic (exact) mass is 275 g/mol. The van der Waals surface area contributed by atoms with Gasteiger partial charge < -0.3 is 4.74 Å². The third-order valence-electron chi connectivity index (χ3n) is 2.69. The molecule has 0 saturated carbocycles. The molecule has 2 rings (SSSR count).